The van der Waals surface area contributed by atoms with Crippen LogP contribution < -0.4 is 5.32 Å². The van der Waals surface area contributed by atoms with Gasteiger partial charge >= 0.3 is 0 Å². The first-order valence-electron chi connectivity index (χ1n) is 4.08. The van der Waals surface area contributed by atoms with Crippen molar-refractivity contribution in [2.75, 3.05) is 11.6 Å². The molecule has 0 aliphatic rings. The SMILES string of the molecule is CSc1c(Cl)nc(Cl)nc1NC(C)C. The van der Waals surface area contributed by atoms with Gasteiger partial charge in [-0.2, -0.15) is 4.98 Å². The van der Waals surface area contributed by atoms with Crippen LogP contribution in [0.4, 0.5) is 5.82 Å². The molecular weight excluding hydrogens is 241 g/mol. The Morgan fingerprint density at radius 1 is 1.29 bits per heavy atom. The second-order valence-electron chi connectivity index (χ2n) is 2.96. The number of hydrogen-bond donors (Lipinski definition) is 1. The number of thioether (sulfide) groups is 1. The quantitative estimate of drug-likeness (QED) is 0.508. The van der Waals surface area contributed by atoms with E-state index in [4.69, 9.17) is 23.2 Å². The van der Waals surface area contributed by atoms with Crippen LogP contribution in [0.1, 0.15) is 13.8 Å². The van der Waals surface area contributed by atoms with Gasteiger partial charge in [0, 0.05) is 6.04 Å². The summed E-state index contributed by atoms with van der Waals surface area (Å²) in [6.45, 7) is 4.04. The molecular formula is C8H11Cl2N3S. The number of hydrogen-bond acceptors (Lipinski definition) is 4. The summed E-state index contributed by atoms with van der Waals surface area (Å²) >= 11 is 13.1. The van der Waals surface area contributed by atoms with E-state index in [0.717, 1.165) is 4.90 Å². The van der Waals surface area contributed by atoms with Crippen LogP contribution in [0.5, 0.6) is 0 Å². The van der Waals surface area contributed by atoms with E-state index in [1.165, 1.54) is 11.8 Å². The van der Waals surface area contributed by atoms with Crippen LogP contribution >= 0.6 is 35.0 Å². The molecule has 0 fully saturated rings. The molecule has 1 rings (SSSR count). The fraction of sp³-hybridized carbons (Fsp3) is 0.500. The van der Waals surface area contributed by atoms with Crippen LogP contribution in [0.3, 0.4) is 0 Å². The molecule has 0 bridgehead atoms. The highest BCUT2D eigenvalue weighted by molar-refractivity contribution is 7.98. The number of rotatable bonds is 3. The van der Waals surface area contributed by atoms with Gasteiger partial charge in [-0.3, -0.25) is 0 Å². The molecule has 1 aromatic heterocycles. The van der Waals surface area contributed by atoms with Crippen molar-refractivity contribution >= 4 is 40.8 Å². The van der Waals surface area contributed by atoms with Crippen LogP contribution in [0.25, 0.3) is 0 Å². The number of nitrogens with one attached hydrogen (secondary N) is 1. The van der Waals surface area contributed by atoms with E-state index in [0.29, 0.717) is 11.0 Å². The van der Waals surface area contributed by atoms with Gasteiger partial charge in [-0.1, -0.05) is 11.6 Å². The second-order valence-corrected chi connectivity index (χ2v) is 4.48. The van der Waals surface area contributed by atoms with E-state index >= 15 is 0 Å². The van der Waals surface area contributed by atoms with Gasteiger partial charge in [-0.05, 0) is 31.7 Å². The zero-order valence-electron chi connectivity index (χ0n) is 8.14. The number of aromatic nitrogens is 2. The molecule has 0 atom stereocenters. The maximum atomic E-state index is 5.92. The molecule has 3 nitrogen and oxygen atoms in total. The van der Waals surface area contributed by atoms with Gasteiger partial charge in [0.05, 0.1) is 4.90 Å². The third kappa shape index (κ3) is 2.90. The van der Waals surface area contributed by atoms with Crippen LogP contribution in [0, 0.1) is 0 Å². The van der Waals surface area contributed by atoms with Crippen molar-refractivity contribution < 1.29 is 0 Å². The number of halogens is 2. The first-order chi connectivity index (χ1) is 6.54. The molecule has 1 aromatic rings. The number of anilines is 1. The molecule has 1 heterocycles. The molecule has 0 aliphatic heterocycles. The first kappa shape index (κ1) is 11.9. The molecule has 0 radical (unpaired) electrons. The highest BCUT2D eigenvalue weighted by Crippen LogP contribution is 2.31. The van der Waals surface area contributed by atoms with Gasteiger partial charge in [-0.25, -0.2) is 4.98 Å². The molecule has 1 N–H and O–H groups in total. The minimum absolute atomic E-state index is 0.163. The summed E-state index contributed by atoms with van der Waals surface area (Å²) in [4.78, 5) is 8.78. The topological polar surface area (TPSA) is 37.8 Å². The van der Waals surface area contributed by atoms with Crippen molar-refractivity contribution in [1.82, 2.24) is 9.97 Å². The Bertz CT molecular complexity index is 331. The standard InChI is InChI=1S/C8H11Cl2N3S/c1-4(2)11-7-5(14-3)6(9)12-8(10)13-7/h4H,1-3H3,(H,11,12,13). The summed E-state index contributed by atoms with van der Waals surface area (Å²) < 4.78 is 0. The fourth-order valence-corrected chi connectivity index (χ4v) is 2.07. The third-order valence-corrected chi connectivity index (χ3v) is 2.78. The lowest BCUT2D eigenvalue weighted by Crippen LogP contribution is -2.12. The molecule has 0 unspecified atom stereocenters. The molecule has 6 heteroatoms. The summed E-state index contributed by atoms with van der Waals surface area (Å²) in [5.74, 6) is 0.692. The average Bonchev–Trinajstić information content (AvgIpc) is 2.01. The number of nitrogens with zero attached hydrogens (tertiary/aromatic N) is 2. The first-order valence-corrected chi connectivity index (χ1v) is 6.06. The van der Waals surface area contributed by atoms with E-state index in [-0.39, 0.29) is 11.3 Å². The summed E-state index contributed by atoms with van der Waals surface area (Å²) in [5.41, 5.74) is 0. The zero-order chi connectivity index (χ0) is 10.7. The lowest BCUT2D eigenvalue weighted by atomic mass is 10.4. The van der Waals surface area contributed by atoms with Crippen LogP contribution in [0.2, 0.25) is 10.4 Å². The van der Waals surface area contributed by atoms with Crippen molar-refractivity contribution in [3.05, 3.63) is 10.4 Å². The van der Waals surface area contributed by atoms with E-state index < -0.39 is 0 Å². The van der Waals surface area contributed by atoms with Crippen molar-refractivity contribution in [3.8, 4) is 0 Å². The van der Waals surface area contributed by atoms with E-state index in [1.807, 2.05) is 20.1 Å². The highest BCUT2D eigenvalue weighted by atomic mass is 35.5. The Hall–Kier alpha value is -0.190. The minimum atomic E-state index is 0.163. The Labute approximate surface area is 97.6 Å². The minimum Gasteiger partial charge on any atom is -0.367 e. The Balaban J connectivity index is 3.11. The van der Waals surface area contributed by atoms with Crippen molar-refractivity contribution in [2.45, 2.75) is 24.8 Å². The lowest BCUT2D eigenvalue weighted by Gasteiger charge is -2.12. The maximum Gasteiger partial charge on any atom is 0.225 e. The lowest BCUT2D eigenvalue weighted by molar-refractivity contribution is 0.876. The summed E-state index contributed by atoms with van der Waals surface area (Å²) in [6.07, 6.45) is 1.92. The Morgan fingerprint density at radius 3 is 2.43 bits per heavy atom. The Kier molecular flexibility index (Phi) is 4.29. The smallest absolute Gasteiger partial charge is 0.225 e. The summed E-state index contributed by atoms with van der Waals surface area (Å²) in [6, 6.07) is 0.280. The second kappa shape index (κ2) is 5.05. The van der Waals surface area contributed by atoms with Gasteiger partial charge in [0.25, 0.3) is 0 Å². The predicted octanol–water partition coefficient (Wildman–Crippen LogP) is 3.33. The van der Waals surface area contributed by atoms with Gasteiger partial charge in [0.15, 0.2) is 0 Å². The van der Waals surface area contributed by atoms with Crippen LogP contribution in [0.15, 0.2) is 4.90 Å². The average molecular weight is 252 g/mol. The summed E-state index contributed by atoms with van der Waals surface area (Å²) in [7, 11) is 0. The van der Waals surface area contributed by atoms with Gasteiger partial charge in [0.2, 0.25) is 5.28 Å². The zero-order valence-corrected chi connectivity index (χ0v) is 10.5. The third-order valence-electron chi connectivity index (χ3n) is 1.43. The monoisotopic (exact) mass is 251 g/mol. The van der Waals surface area contributed by atoms with Gasteiger partial charge in [-0.15, -0.1) is 11.8 Å². The van der Waals surface area contributed by atoms with Crippen LogP contribution in [-0.2, 0) is 0 Å². The van der Waals surface area contributed by atoms with Crippen LogP contribution in [-0.4, -0.2) is 22.3 Å². The molecule has 0 saturated carbocycles. The van der Waals surface area contributed by atoms with Gasteiger partial charge < -0.3 is 5.32 Å². The largest absolute Gasteiger partial charge is 0.367 e. The van der Waals surface area contributed by atoms with E-state index in [9.17, 15) is 0 Å². The molecule has 0 aliphatic carbocycles. The fourth-order valence-electron chi connectivity index (χ4n) is 0.950. The van der Waals surface area contributed by atoms with Crippen molar-refractivity contribution in [1.29, 1.82) is 0 Å². The van der Waals surface area contributed by atoms with E-state index in [1.54, 1.807) is 0 Å². The van der Waals surface area contributed by atoms with Crippen molar-refractivity contribution in [2.24, 2.45) is 0 Å². The van der Waals surface area contributed by atoms with Crippen molar-refractivity contribution in [3.63, 3.8) is 0 Å². The molecule has 0 amide bonds. The molecule has 14 heavy (non-hydrogen) atoms. The molecule has 0 aromatic carbocycles. The maximum absolute atomic E-state index is 5.92. The van der Waals surface area contributed by atoms with E-state index in [2.05, 4.69) is 15.3 Å². The molecule has 0 saturated heterocycles. The normalized spacial score (nSPS) is 10.7. The predicted molar refractivity (Wildman–Crippen MR) is 62.6 cm³/mol. The molecule has 78 valence electrons. The van der Waals surface area contributed by atoms with Gasteiger partial charge in [0.1, 0.15) is 11.0 Å². The molecule has 0 spiro atoms. The Morgan fingerprint density at radius 2 is 1.93 bits per heavy atom. The summed E-state index contributed by atoms with van der Waals surface area (Å²) in [5, 5.41) is 3.72. The highest BCUT2D eigenvalue weighted by Gasteiger charge is 2.11.